The first-order valence-corrected chi connectivity index (χ1v) is 8.47. The highest BCUT2D eigenvalue weighted by Crippen LogP contribution is 2.18. The minimum atomic E-state index is -3.71. The molecule has 2 rings (SSSR count). The summed E-state index contributed by atoms with van der Waals surface area (Å²) in [5.41, 5.74) is 0. The Kier molecular flexibility index (Phi) is 4.84. The van der Waals surface area contributed by atoms with Gasteiger partial charge >= 0.3 is 0 Å². The summed E-state index contributed by atoms with van der Waals surface area (Å²) in [6.07, 6.45) is 3.20. The number of hydrogen-bond acceptors (Lipinski definition) is 4. The SMILES string of the molecule is C[C@H]1CCCCN1C(=O)COc1ccc(S(N)(=O)=O)cc1. The van der Waals surface area contributed by atoms with Crippen LogP contribution in [0.5, 0.6) is 5.75 Å². The van der Waals surface area contributed by atoms with Crippen LogP contribution in [0, 0.1) is 0 Å². The molecule has 2 N–H and O–H groups in total. The number of piperidine rings is 1. The highest BCUT2D eigenvalue weighted by Gasteiger charge is 2.23. The molecule has 0 saturated carbocycles. The van der Waals surface area contributed by atoms with Gasteiger partial charge in [-0.1, -0.05) is 0 Å². The standard InChI is InChI=1S/C14H20N2O4S/c1-11-4-2-3-9-16(11)14(17)10-20-12-5-7-13(8-6-12)21(15,18)19/h5-8,11H,2-4,9-10H2,1H3,(H2,15,18,19)/t11-/m0/s1. The monoisotopic (exact) mass is 312 g/mol. The normalized spacial score (nSPS) is 19.3. The lowest BCUT2D eigenvalue weighted by molar-refractivity contribution is -0.136. The molecule has 0 radical (unpaired) electrons. The molecular formula is C14H20N2O4S. The van der Waals surface area contributed by atoms with Gasteiger partial charge in [0.05, 0.1) is 4.90 Å². The Hall–Kier alpha value is -1.60. The van der Waals surface area contributed by atoms with Gasteiger partial charge in [0.2, 0.25) is 10.0 Å². The molecule has 116 valence electrons. The summed E-state index contributed by atoms with van der Waals surface area (Å²) in [4.78, 5) is 13.9. The van der Waals surface area contributed by atoms with E-state index in [1.807, 2.05) is 11.8 Å². The third-order valence-corrected chi connectivity index (χ3v) is 4.57. The van der Waals surface area contributed by atoms with Gasteiger partial charge in [-0.3, -0.25) is 4.79 Å². The quantitative estimate of drug-likeness (QED) is 0.902. The number of likely N-dealkylation sites (tertiary alicyclic amines) is 1. The molecule has 1 aromatic carbocycles. The molecule has 0 aromatic heterocycles. The molecule has 1 saturated heterocycles. The van der Waals surface area contributed by atoms with Gasteiger partial charge in [-0.2, -0.15) is 0 Å². The summed E-state index contributed by atoms with van der Waals surface area (Å²) in [7, 11) is -3.71. The first-order chi connectivity index (χ1) is 9.88. The van der Waals surface area contributed by atoms with Gasteiger partial charge < -0.3 is 9.64 Å². The third kappa shape index (κ3) is 4.18. The Morgan fingerprint density at radius 1 is 1.33 bits per heavy atom. The first kappa shape index (κ1) is 15.8. The van der Waals surface area contributed by atoms with E-state index in [0.29, 0.717) is 5.75 Å². The minimum absolute atomic E-state index is 0.0193. The van der Waals surface area contributed by atoms with Crippen LogP contribution in [0.25, 0.3) is 0 Å². The Labute approximate surface area is 124 Å². The second kappa shape index (κ2) is 6.44. The zero-order valence-corrected chi connectivity index (χ0v) is 12.8. The van der Waals surface area contributed by atoms with E-state index in [2.05, 4.69) is 0 Å². The van der Waals surface area contributed by atoms with Crippen molar-refractivity contribution in [3.8, 4) is 5.75 Å². The van der Waals surface area contributed by atoms with Crippen molar-refractivity contribution in [2.45, 2.75) is 37.1 Å². The molecule has 0 bridgehead atoms. The molecule has 1 atom stereocenters. The average molecular weight is 312 g/mol. The molecule has 0 spiro atoms. The number of hydrogen-bond donors (Lipinski definition) is 1. The molecule has 1 amide bonds. The number of ether oxygens (including phenoxy) is 1. The molecule has 1 fully saturated rings. The highest BCUT2D eigenvalue weighted by molar-refractivity contribution is 7.89. The van der Waals surface area contributed by atoms with Crippen molar-refractivity contribution in [3.05, 3.63) is 24.3 Å². The van der Waals surface area contributed by atoms with E-state index in [-0.39, 0.29) is 23.5 Å². The van der Waals surface area contributed by atoms with Gasteiger partial charge in [0.1, 0.15) is 5.75 Å². The largest absolute Gasteiger partial charge is 0.484 e. The Bertz CT molecular complexity index is 598. The minimum Gasteiger partial charge on any atom is -0.484 e. The Morgan fingerprint density at radius 2 is 2.00 bits per heavy atom. The fourth-order valence-electron chi connectivity index (χ4n) is 2.42. The van der Waals surface area contributed by atoms with Crippen molar-refractivity contribution in [1.82, 2.24) is 4.90 Å². The van der Waals surface area contributed by atoms with Gasteiger partial charge in [0, 0.05) is 12.6 Å². The maximum atomic E-state index is 12.1. The van der Waals surface area contributed by atoms with E-state index in [1.54, 1.807) is 0 Å². The second-order valence-corrected chi connectivity index (χ2v) is 6.80. The van der Waals surface area contributed by atoms with Crippen molar-refractivity contribution < 1.29 is 17.9 Å². The van der Waals surface area contributed by atoms with E-state index < -0.39 is 10.0 Å². The summed E-state index contributed by atoms with van der Waals surface area (Å²) in [6, 6.07) is 5.95. The molecular weight excluding hydrogens is 292 g/mol. The zero-order valence-electron chi connectivity index (χ0n) is 12.0. The van der Waals surface area contributed by atoms with Crippen molar-refractivity contribution >= 4 is 15.9 Å². The van der Waals surface area contributed by atoms with Gasteiger partial charge in [0.25, 0.3) is 5.91 Å². The number of nitrogens with two attached hydrogens (primary N) is 1. The number of primary sulfonamides is 1. The van der Waals surface area contributed by atoms with Crippen LogP contribution in [0.4, 0.5) is 0 Å². The van der Waals surface area contributed by atoms with Gasteiger partial charge in [-0.25, -0.2) is 13.6 Å². The summed E-state index contributed by atoms with van der Waals surface area (Å²) in [5, 5.41) is 5.01. The zero-order chi connectivity index (χ0) is 15.5. The molecule has 1 aromatic rings. The van der Waals surface area contributed by atoms with E-state index in [1.165, 1.54) is 24.3 Å². The number of rotatable bonds is 4. The predicted octanol–water partition coefficient (Wildman–Crippen LogP) is 1.11. The summed E-state index contributed by atoms with van der Waals surface area (Å²) in [6.45, 7) is 2.77. The fourth-order valence-corrected chi connectivity index (χ4v) is 2.94. The molecule has 7 heteroatoms. The summed E-state index contributed by atoms with van der Waals surface area (Å²) < 4.78 is 27.7. The number of amides is 1. The first-order valence-electron chi connectivity index (χ1n) is 6.93. The van der Waals surface area contributed by atoms with E-state index in [9.17, 15) is 13.2 Å². The molecule has 21 heavy (non-hydrogen) atoms. The predicted molar refractivity (Wildman–Crippen MR) is 78.3 cm³/mol. The van der Waals surface area contributed by atoms with E-state index >= 15 is 0 Å². The van der Waals surface area contributed by atoms with E-state index in [4.69, 9.17) is 9.88 Å². The molecule has 0 aliphatic carbocycles. The van der Waals surface area contributed by atoms with Crippen LogP contribution in [0.15, 0.2) is 29.2 Å². The number of carbonyl (C=O) groups excluding carboxylic acids is 1. The molecule has 1 aliphatic rings. The molecule has 1 aliphatic heterocycles. The summed E-state index contributed by atoms with van der Waals surface area (Å²) >= 11 is 0. The third-order valence-electron chi connectivity index (χ3n) is 3.64. The number of benzene rings is 1. The maximum absolute atomic E-state index is 12.1. The Morgan fingerprint density at radius 3 is 2.57 bits per heavy atom. The van der Waals surface area contributed by atoms with Gasteiger partial charge in [-0.05, 0) is 50.5 Å². The lowest BCUT2D eigenvalue weighted by Gasteiger charge is -2.33. The van der Waals surface area contributed by atoms with Crippen LogP contribution in [0.2, 0.25) is 0 Å². The number of nitrogens with zero attached hydrogens (tertiary/aromatic N) is 1. The van der Waals surface area contributed by atoms with Crippen LogP contribution in [0.3, 0.4) is 0 Å². The summed E-state index contributed by atoms with van der Waals surface area (Å²) in [5.74, 6) is 0.401. The van der Waals surface area contributed by atoms with E-state index in [0.717, 1.165) is 25.8 Å². The molecule has 0 unspecified atom stereocenters. The van der Waals surface area contributed by atoms with Crippen molar-refractivity contribution in [3.63, 3.8) is 0 Å². The van der Waals surface area contributed by atoms with Gasteiger partial charge in [0.15, 0.2) is 6.61 Å². The smallest absolute Gasteiger partial charge is 0.260 e. The van der Waals surface area contributed by atoms with Crippen LogP contribution in [0.1, 0.15) is 26.2 Å². The fraction of sp³-hybridized carbons (Fsp3) is 0.500. The lowest BCUT2D eigenvalue weighted by atomic mass is 10.0. The maximum Gasteiger partial charge on any atom is 0.260 e. The number of sulfonamides is 1. The van der Waals surface area contributed by atoms with Crippen LogP contribution >= 0.6 is 0 Å². The van der Waals surface area contributed by atoms with Crippen LogP contribution < -0.4 is 9.88 Å². The Balaban J connectivity index is 1.92. The average Bonchev–Trinajstić information content (AvgIpc) is 2.45. The number of carbonyl (C=O) groups is 1. The lowest BCUT2D eigenvalue weighted by Crippen LogP contribution is -2.44. The molecule has 6 nitrogen and oxygen atoms in total. The molecule has 1 heterocycles. The van der Waals surface area contributed by atoms with Crippen molar-refractivity contribution in [2.75, 3.05) is 13.2 Å². The highest BCUT2D eigenvalue weighted by atomic mass is 32.2. The van der Waals surface area contributed by atoms with Crippen molar-refractivity contribution in [2.24, 2.45) is 5.14 Å². The van der Waals surface area contributed by atoms with Crippen LogP contribution in [-0.2, 0) is 14.8 Å². The topological polar surface area (TPSA) is 89.7 Å². The van der Waals surface area contributed by atoms with Crippen LogP contribution in [-0.4, -0.2) is 38.4 Å². The van der Waals surface area contributed by atoms with Gasteiger partial charge in [-0.15, -0.1) is 0 Å². The second-order valence-electron chi connectivity index (χ2n) is 5.24. The van der Waals surface area contributed by atoms with Crippen molar-refractivity contribution in [1.29, 1.82) is 0 Å².